The van der Waals surface area contributed by atoms with Crippen LogP contribution < -0.4 is 20.1 Å². The quantitative estimate of drug-likeness (QED) is 0.781. The Morgan fingerprint density at radius 1 is 1.00 bits per heavy atom. The van der Waals surface area contributed by atoms with Crippen molar-refractivity contribution in [2.24, 2.45) is 0 Å². The SMILES string of the molecule is COc1ccc(CNC(=O)CNCc2ccccc2C)cc1OC. The van der Waals surface area contributed by atoms with Crippen molar-refractivity contribution in [2.45, 2.75) is 20.0 Å². The smallest absolute Gasteiger partial charge is 0.234 e. The molecule has 0 aromatic heterocycles. The average molecular weight is 328 g/mol. The van der Waals surface area contributed by atoms with E-state index in [9.17, 15) is 4.79 Å². The first-order chi connectivity index (χ1) is 11.6. The fraction of sp³-hybridized carbons (Fsp3) is 0.316. The Morgan fingerprint density at radius 3 is 2.46 bits per heavy atom. The second-order valence-corrected chi connectivity index (χ2v) is 5.50. The van der Waals surface area contributed by atoms with Crippen LogP contribution in [0.4, 0.5) is 0 Å². The van der Waals surface area contributed by atoms with Crippen LogP contribution in [0.15, 0.2) is 42.5 Å². The van der Waals surface area contributed by atoms with Crippen LogP contribution in [-0.4, -0.2) is 26.7 Å². The topological polar surface area (TPSA) is 59.6 Å². The van der Waals surface area contributed by atoms with Crippen molar-refractivity contribution in [3.8, 4) is 11.5 Å². The van der Waals surface area contributed by atoms with Crippen LogP contribution in [0.25, 0.3) is 0 Å². The minimum absolute atomic E-state index is 0.0432. The van der Waals surface area contributed by atoms with E-state index < -0.39 is 0 Å². The molecule has 0 spiro atoms. The first-order valence-electron chi connectivity index (χ1n) is 7.87. The Labute approximate surface area is 143 Å². The number of carbonyl (C=O) groups is 1. The third-order valence-corrected chi connectivity index (χ3v) is 3.80. The molecule has 0 radical (unpaired) electrons. The molecule has 5 heteroatoms. The zero-order valence-electron chi connectivity index (χ0n) is 14.4. The van der Waals surface area contributed by atoms with E-state index in [0.717, 1.165) is 5.56 Å². The number of hydrogen-bond donors (Lipinski definition) is 2. The molecule has 2 N–H and O–H groups in total. The molecule has 0 saturated carbocycles. The summed E-state index contributed by atoms with van der Waals surface area (Å²) in [5, 5.41) is 6.05. The molecule has 0 aliphatic heterocycles. The second-order valence-electron chi connectivity index (χ2n) is 5.50. The molecule has 128 valence electrons. The predicted molar refractivity (Wildman–Crippen MR) is 94.3 cm³/mol. The number of carbonyl (C=O) groups excluding carboxylic acids is 1. The van der Waals surface area contributed by atoms with Crippen LogP contribution >= 0.6 is 0 Å². The van der Waals surface area contributed by atoms with Gasteiger partial charge in [0, 0.05) is 13.1 Å². The predicted octanol–water partition coefficient (Wildman–Crippen LogP) is 2.42. The highest BCUT2D eigenvalue weighted by Crippen LogP contribution is 2.27. The number of nitrogens with one attached hydrogen (secondary N) is 2. The van der Waals surface area contributed by atoms with E-state index in [-0.39, 0.29) is 12.5 Å². The van der Waals surface area contributed by atoms with Gasteiger partial charge in [-0.2, -0.15) is 0 Å². The fourth-order valence-electron chi connectivity index (χ4n) is 2.37. The van der Waals surface area contributed by atoms with Crippen molar-refractivity contribution >= 4 is 5.91 Å². The molecule has 2 aromatic rings. The Bertz CT molecular complexity index is 686. The van der Waals surface area contributed by atoms with Crippen molar-refractivity contribution in [3.05, 3.63) is 59.2 Å². The fourth-order valence-corrected chi connectivity index (χ4v) is 2.37. The van der Waals surface area contributed by atoms with E-state index in [1.54, 1.807) is 14.2 Å². The van der Waals surface area contributed by atoms with Crippen molar-refractivity contribution in [2.75, 3.05) is 20.8 Å². The third kappa shape index (κ3) is 4.99. The summed E-state index contributed by atoms with van der Waals surface area (Å²) in [6.45, 7) is 3.47. The lowest BCUT2D eigenvalue weighted by Crippen LogP contribution is -2.33. The highest BCUT2D eigenvalue weighted by molar-refractivity contribution is 5.78. The van der Waals surface area contributed by atoms with Gasteiger partial charge in [0.1, 0.15) is 0 Å². The number of benzene rings is 2. The normalized spacial score (nSPS) is 10.3. The molecule has 2 aromatic carbocycles. The first-order valence-corrected chi connectivity index (χ1v) is 7.87. The van der Waals surface area contributed by atoms with E-state index in [2.05, 4.69) is 29.7 Å². The van der Waals surface area contributed by atoms with Crippen molar-refractivity contribution in [1.29, 1.82) is 0 Å². The van der Waals surface area contributed by atoms with E-state index >= 15 is 0 Å². The number of methoxy groups -OCH3 is 2. The lowest BCUT2D eigenvalue weighted by atomic mass is 10.1. The van der Waals surface area contributed by atoms with Gasteiger partial charge in [-0.15, -0.1) is 0 Å². The van der Waals surface area contributed by atoms with Crippen LogP contribution in [0.3, 0.4) is 0 Å². The van der Waals surface area contributed by atoms with Crippen LogP contribution in [0.2, 0.25) is 0 Å². The lowest BCUT2D eigenvalue weighted by Gasteiger charge is -2.11. The summed E-state index contributed by atoms with van der Waals surface area (Å²) in [4.78, 5) is 11.9. The second kappa shape index (κ2) is 8.93. The standard InChI is InChI=1S/C19H24N2O3/c1-14-6-4-5-7-16(14)12-20-13-19(22)21-11-15-8-9-17(23-2)18(10-15)24-3/h4-10,20H,11-13H2,1-3H3,(H,21,22). The third-order valence-electron chi connectivity index (χ3n) is 3.80. The summed E-state index contributed by atoms with van der Waals surface area (Å²) in [5.41, 5.74) is 3.38. The number of ether oxygens (including phenoxy) is 2. The molecular weight excluding hydrogens is 304 g/mol. The van der Waals surface area contributed by atoms with Crippen LogP contribution in [0.5, 0.6) is 11.5 Å². The lowest BCUT2D eigenvalue weighted by molar-refractivity contribution is -0.120. The molecule has 0 aliphatic carbocycles. The van der Waals surface area contributed by atoms with Gasteiger partial charge in [-0.25, -0.2) is 0 Å². The molecule has 24 heavy (non-hydrogen) atoms. The number of amides is 1. The van der Waals surface area contributed by atoms with Gasteiger partial charge >= 0.3 is 0 Å². The van der Waals surface area contributed by atoms with Crippen molar-refractivity contribution in [1.82, 2.24) is 10.6 Å². The molecule has 0 saturated heterocycles. The highest BCUT2D eigenvalue weighted by atomic mass is 16.5. The van der Waals surface area contributed by atoms with Gasteiger partial charge in [0.05, 0.1) is 20.8 Å². The Hall–Kier alpha value is -2.53. The van der Waals surface area contributed by atoms with E-state index in [0.29, 0.717) is 24.6 Å². The van der Waals surface area contributed by atoms with E-state index in [4.69, 9.17) is 9.47 Å². The summed E-state index contributed by atoms with van der Waals surface area (Å²) >= 11 is 0. The maximum Gasteiger partial charge on any atom is 0.234 e. The number of rotatable bonds is 8. The van der Waals surface area contributed by atoms with Crippen molar-refractivity contribution in [3.63, 3.8) is 0 Å². The van der Waals surface area contributed by atoms with Gasteiger partial charge in [-0.3, -0.25) is 4.79 Å². The Balaban J connectivity index is 1.78. The molecule has 0 atom stereocenters. The molecule has 5 nitrogen and oxygen atoms in total. The summed E-state index contributed by atoms with van der Waals surface area (Å²) in [5.74, 6) is 1.28. The minimum Gasteiger partial charge on any atom is -0.493 e. The average Bonchev–Trinajstić information content (AvgIpc) is 2.61. The molecule has 0 heterocycles. The molecule has 2 rings (SSSR count). The van der Waals surface area contributed by atoms with Crippen LogP contribution in [-0.2, 0) is 17.9 Å². The van der Waals surface area contributed by atoms with Gasteiger partial charge in [-0.05, 0) is 35.7 Å². The van der Waals surface area contributed by atoms with Gasteiger partial charge in [0.25, 0.3) is 0 Å². The van der Waals surface area contributed by atoms with Crippen LogP contribution in [0.1, 0.15) is 16.7 Å². The zero-order chi connectivity index (χ0) is 17.4. The molecule has 0 unspecified atom stereocenters. The largest absolute Gasteiger partial charge is 0.493 e. The zero-order valence-corrected chi connectivity index (χ0v) is 14.4. The van der Waals surface area contributed by atoms with E-state index in [1.807, 2.05) is 30.3 Å². The van der Waals surface area contributed by atoms with Gasteiger partial charge in [-0.1, -0.05) is 30.3 Å². The summed E-state index contributed by atoms with van der Waals surface area (Å²) in [6.07, 6.45) is 0. The van der Waals surface area contributed by atoms with E-state index in [1.165, 1.54) is 11.1 Å². The van der Waals surface area contributed by atoms with Gasteiger partial charge in [0.15, 0.2) is 11.5 Å². The minimum atomic E-state index is -0.0432. The van der Waals surface area contributed by atoms with Crippen molar-refractivity contribution < 1.29 is 14.3 Å². The number of hydrogen-bond acceptors (Lipinski definition) is 4. The number of aryl methyl sites for hydroxylation is 1. The monoisotopic (exact) mass is 328 g/mol. The molecule has 0 bridgehead atoms. The molecule has 1 amide bonds. The first kappa shape index (κ1) is 17.8. The molecule has 0 fully saturated rings. The Kier molecular flexibility index (Phi) is 6.63. The highest BCUT2D eigenvalue weighted by Gasteiger charge is 2.06. The Morgan fingerprint density at radius 2 is 1.75 bits per heavy atom. The maximum absolute atomic E-state index is 11.9. The molecular formula is C19H24N2O3. The summed E-state index contributed by atoms with van der Waals surface area (Å²) < 4.78 is 10.5. The van der Waals surface area contributed by atoms with Gasteiger partial charge in [0.2, 0.25) is 5.91 Å². The van der Waals surface area contributed by atoms with Gasteiger partial charge < -0.3 is 20.1 Å². The molecule has 0 aliphatic rings. The maximum atomic E-state index is 11.9. The summed E-state index contributed by atoms with van der Waals surface area (Å²) in [6, 6.07) is 13.7. The van der Waals surface area contributed by atoms with Crippen LogP contribution in [0, 0.1) is 6.92 Å². The summed E-state index contributed by atoms with van der Waals surface area (Å²) in [7, 11) is 3.19.